The van der Waals surface area contributed by atoms with Crippen molar-refractivity contribution in [3.05, 3.63) is 70.8 Å². The normalized spacial score (nSPS) is 13.8. The first-order chi connectivity index (χ1) is 16.0. The van der Waals surface area contributed by atoms with E-state index in [1.54, 1.807) is 18.2 Å². The molecule has 1 saturated heterocycles. The third-order valence-corrected chi connectivity index (χ3v) is 5.21. The van der Waals surface area contributed by atoms with Crippen molar-refractivity contribution in [3.8, 4) is 0 Å². The topological polar surface area (TPSA) is 112 Å². The highest BCUT2D eigenvalue weighted by Gasteiger charge is 2.18. The molecule has 1 fully saturated rings. The number of aromatic nitrogens is 3. The fourth-order valence-electron chi connectivity index (χ4n) is 3.29. The van der Waals surface area contributed by atoms with Gasteiger partial charge in [0.1, 0.15) is 11.6 Å². The zero-order valence-corrected chi connectivity index (χ0v) is 18.3. The number of nitrogens with zero attached hydrogens (tertiary/aromatic N) is 4. The van der Waals surface area contributed by atoms with Gasteiger partial charge in [0.25, 0.3) is 11.8 Å². The van der Waals surface area contributed by atoms with Crippen LogP contribution in [0.2, 0.25) is 5.02 Å². The van der Waals surface area contributed by atoms with Gasteiger partial charge >= 0.3 is 0 Å². The Morgan fingerprint density at radius 3 is 2.67 bits per heavy atom. The van der Waals surface area contributed by atoms with Gasteiger partial charge in [-0.1, -0.05) is 11.6 Å². The first-order valence-corrected chi connectivity index (χ1v) is 10.7. The van der Waals surface area contributed by atoms with Crippen molar-refractivity contribution >= 4 is 40.7 Å². The minimum absolute atomic E-state index is 0.0663. The van der Waals surface area contributed by atoms with E-state index in [0.29, 0.717) is 17.5 Å². The number of rotatable bonds is 5. The molecule has 0 aliphatic carbocycles. The van der Waals surface area contributed by atoms with E-state index in [4.69, 9.17) is 11.6 Å². The minimum Gasteiger partial charge on any atom is -0.342 e. The Bertz CT molecular complexity index is 1130. The van der Waals surface area contributed by atoms with Crippen molar-refractivity contribution in [1.82, 2.24) is 20.5 Å². The summed E-state index contributed by atoms with van der Waals surface area (Å²) in [5.74, 6) is -0.950. The molecule has 1 aliphatic heterocycles. The zero-order chi connectivity index (χ0) is 23.2. The number of nitrogens with one attached hydrogen (secondary N) is 3. The summed E-state index contributed by atoms with van der Waals surface area (Å²) < 4.78 is 13.9. The fourth-order valence-corrected chi connectivity index (χ4v) is 3.40. The van der Waals surface area contributed by atoms with E-state index in [1.807, 2.05) is 0 Å². The summed E-state index contributed by atoms with van der Waals surface area (Å²) >= 11 is 5.80. The second-order valence-corrected chi connectivity index (χ2v) is 7.80. The molecule has 0 spiro atoms. The first-order valence-electron chi connectivity index (χ1n) is 10.3. The van der Waals surface area contributed by atoms with Crippen LogP contribution in [0, 0.1) is 5.82 Å². The van der Waals surface area contributed by atoms with E-state index in [-0.39, 0.29) is 22.8 Å². The van der Waals surface area contributed by atoms with Gasteiger partial charge in [0.2, 0.25) is 0 Å². The van der Waals surface area contributed by atoms with E-state index in [0.717, 1.165) is 38.1 Å². The molecule has 2 aromatic heterocycles. The number of pyridine rings is 1. The predicted octanol–water partition coefficient (Wildman–Crippen LogP) is 3.32. The van der Waals surface area contributed by atoms with Gasteiger partial charge in [0.05, 0.1) is 22.9 Å². The Hall–Kier alpha value is -3.63. The van der Waals surface area contributed by atoms with Crippen LogP contribution in [-0.2, 0) is 0 Å². The van der Waals surface area contributed by atoms with Gasteiger partial charge in [-0.15, -0.1) is 10.2 Å². The van der Waals surface area contributed by atoms with Crippen molar-refractivity contribution in [1.29, 1.82) is 0 Å². The van der Waals surface area contributed by atoms with Gasteiger partial charge in [-0.05, 0) is 61.9 Å². The lowest BCUT2D eigenvalue weighted by molar-refractivity contribution is 0.102. The van der Waals surface area contributed by atoms with Crippen LogP contribution in [0.1, 0.15) is 33.7 Å². The maximum atomic E-state index is 13.9. The second-order valence-electron chi connectivity index (χ2n) is 7.37. The van der Waals surface area contributed by atoms with Gasteiger partial charge < -0.3 is 15.5 Å². The molecule has 1 aliphatic rings. The van der Waals surface area contributed by atoms with Crippen LogP contribution in [0.15, 0.2) is 48.7 Å². The van der Waals surface area contributed by atoms with E-state index >= 15 is 0 Å². The van der Waals surface area contributed by atoms with Gasteiger partial charge in [0, 0.05) is 12.7 Å². The van der Waals surface area contributed by atoms with Crippen LogP contribution in [0.5, 0.6) is 0 Å². The lowest BCUT2D eigenvalue weighted by Gasteiger charge is -2.20. The van der Waals surface area contributed by atoms with Crippen LogP contribution in [0.3, 0.4) is 0 Å². The molecule has 9 nitrogen and oxygen atoms in total. The average Bonchev–Trinajstić information content (AvgIpc) is 3.11. The summed E-state index contributed by atoms with van der Waals surface area (Å²) in [5.41, 5.74) is 0.118. The lowest BCUT2D eigenvalue weighted by Crippen LogP contribution is -2.33. The Kier molecular flexibility index (Phi) is 7.06. The molecule has 0 bridgehead atoms. The first kappa shape index (κ1) is 22.6. The minimum atomic E-state index is -0.644. The van der Waals surface area contributed by atoms with Crippen LogP contribution >= 0.6 is 11.6 Å². The van der Waals surface area contributed by atoms with Crippen LogP contribution in [-0.4, -0.2) is 46.8 Å². The molecule has 0 unspecified atom stereocenters. The molecule has 11 heteroatoms. The molecule has 4 rings (SSSR count). The van der Waals surface area contributed by atoms with Crippen LogP contribution in [0.25, 0.3) is 0 Å². The van der Waals surface area contributed by atoms with Crippen LogP contribution in [0.4, 0.5) is 21.7 Å². The molecule has 33 heavy (non-hydrogen) atoms. The maximum absolute atomic E-state index is 13.9. The predicted molar refractivity (Wildman–Crippen MR) is 123 cm³/mol. The summed E-state index contributed by atoms with van der Waals surface area (Å²) in [6.45, 7) is 2.46. The molecule has 3 heterocycles. The smallest absolute Gasteiger partial charge is 0.276 e. The monoisotopic (exact) mass is 469 g/mol. The highest BCUT2D eigenvalue weighted by atomic mass is 35.5. The number of hydrogen-bond acceptors (Lipinski definition) is 7. The lowest BCUT2D eigenvalue weighted by atomic mass is 10.1. The number of hydrogen-bond donors (Lipinski definition) is 3. The van der Waals surface area contributed by atoms with E-state index in [1.165, 1.54) is 18.3 Å². The standard InChI is InChI=1S/C22H21ClFN7O2/c23-14-3-7-19(26-12-14)28-21(32)16-11-15(24)4-5-17(16)27-22(33)18-6-8-20(30-29-18)31-10-2-1-9-25-13-31/h3-8,11-12,25H,1-2,9-10,13H2,(H,27,33)(H,26,28,32). The summed E-state index contributed by atoms with van der Waals surface area (Å²) in [6.07, 6.45) is 3.50. The van der Waals surface area contributed by atoms with Gasteiger partial charge in [-0.2, -0.15) is 0 Å². The third kappa shape index (κ3) is 5.79. The average molecular weight is 470 g/mol. The number of carbonyl (C=O) groups excluding carboxylic acids is 2. The molecular formula is C22H21ClFN7O2. The van der Waals surface area contributed by atoms with Crippen molar-refractivity contribution in [3.63, 3.8) is 0 Å². The van der Waals surface area contributed by atoms with Gasteiger partial charge in [-0.25, -0.2) is 9.37 Å². The number of amides is 2. The van der Waals surface area contributed by atoms with E-state index in [9.17, 15) is 14.0 Å². The number of halogens is 2. The maximum Gasteiger partial charge on any atom is 0.276 e. The van der Waals surface area contributed by atoms with E-state index in [2.05, 4.69) is 36.0 Å². The SMILES string of the molecule is O=C(Nc1ccc(F)cc1C(=O)Nc1ccc(Cl)cn1)c1ccc(N2CCCCNC2)nn1. The summed E-state index contributed by atoms with van der Waals surface area (Å²) in [5, 5.41) is 17.0. The Morgan fingerprint density at radius 2 is 1.91 bits per heavy atom. The van der Waals surface area contributed by atoms with Crippen molar-refractivity contribution < 1.29 is 14.0 Å². The molecule has 0 radical (unpaired) electrons. The van der Waals surface area contributed by atoms with Gasteiger partial charge in [0.15, 0.2) is 11.5 Å². The quantitative estimate of drug-likeness (QED) is 0.525. The summed E-state index contributed by atoms with van der Waals surface area (Å²) in [6, 6.07) is 9.83. The molecule has 3 aromatic rings. The fraction of sp³-hybridized carbons (Fsp3) is 0.227. The summed E-state index contributed by atoms with van der Waals surface area (Å²) in [7, 11) is 0. The molecule has 3 N–H and O–H groups in total. The molecule has 170 valence electrons. The molecule has 0 saturated carbocycles. The number of carbonyl (C=O) groups is 2. The highest BCUT2D eigenvalue weighted by molar-refractivity contribution is 6.30. The number of anilines is 3. The van der Waals surface area contributed by atoms with Crippen molar-refractivity contribution in [2.24, 2.45) is 0 Å². The van der Waals surface area contributed by atoms with Crippen molar-refractivity contribution in [2.75, 3.05) is 35.3 Å². The van der Waals surface area contributed by atoms with Crippen LogP contribution < -0.4 is 20.9 Å². The van der Waals surface area contributed by atoms with Gasteiger partial charge in [-0.3, -0.25) is 14.9 Å². The highest BCUT2D eigenvalue weighted by Crippen LogP contribution is 2.20. The summed E-state index contributed by atoms with van der Waals surface area (Å²) in [4.78, 5) is 31.5. The largest absolute Gasteiger partial charge is 0.342 e. The Morgan fingerprint density at radius 1 is 1.03 bits per heavy atom. The van der Waals surface area contributed by atoms with E-state index < -0.39 is 17.6 Å². The third-order valence-electron chi connectivity index (χ3n) is 4.98. The zero-order valence-electron chi connectivity index (χ0n) is 17.5. The Balaban J connectivity index is 1.48. The molecule has 1 aromatic carbocycles. The second kappa shape index (κ2) is 10.3. The number of benzene rings is 1. The Labute approximate surface area is 194 Å². The molecular weight excluding hydrogens is 449 g/mol. The molecule has 2 amide bonds. The van der Waals surface area contributed by atoms with Crippen molar-refractivity contribution in [2.45, 2.75) is 12.8 Å². The molecule has 0 atom stereocenters.